The first-order chi connectivity index (χ1) is 11.9. The van der Waals surface area contributed by atoms with Gasteiger partial charge in [0.1, 0.15) is 5.82 Å². The predicted molar refractivity (Wildman–Crippen MR) is 89.9 cm³/mol. The van der Waals surface area contributed by atoms with Crippen LogP contribution in [-0.4, -0.2) is 18.6 Å². The largest absolute Gasteiger partial charge is 0.419 e. The number of nitrogens with zero attached hydrogens (tertiary/aromatic N) is 2. The second kappa shape index (κ2) is 6.91. The van der Waals surface area contributed by atoms with Gasteiger partial charge in [-0.1, -0.05) is 29.8 Å². The van der Waals surface area contributed by atoms with Crippen LogP contribution >= 0.6 is 11.6 Å². The maximum absolute atomic E-state index is 13.7. The molecule has 0 saturated carbocycles. The van der Waals surface area contributed by atoms with E-state index in [4.69, 9.17) is 16.0 Å². The van der Waals surface area contributed by atoms with Gasteiger partial charge in [-0.15, -0.1) is 10.2 Å². The molecule has 1 heterocycles. The highest BCUT2D eigenvalue weighted by atomic mass is 35.5. The van der Waals surface area contributed by atoms with E-state index in [2.05, 4.69) is 14.9 Å². The molecule has 25 heavy (non-hydrogen) atoms. The fourth-order valence-electron chi connectivity index (χ4n) is 2.05. The molecule has 3 rings (SSSR count). The molecule has 2 aromatic carbocycles. The van der Waals surface area contributed by atoms with Crippen molar-refractivity contribution < 1.29 is 17.2 Å². The Labute approximate surface area is 148 Å². The lowest BCUT2D eigenvalue weighted by atomic mass is 10.2. The molecule has 0 aliphatic heterocycles. The summed E-state index contributed by atoms with van der Waals surface area (Å²) in [5.41, 5.74) is 0.918. The summed E-state index contributed by atoms with van der Waals surface area (Å²) < 4.78 is 45.9. The number of benzene rings is 2. The minimum atomic E-state index is -3.80. The molecule has 6 nitrogen and oxygen atoms in total. The van der Waals surface area contributed by atoms with E-state index in [0.29, 0.717) is 5.02 Å². The number of aryl methyl sites for hydroxylation is 1. The van der Waals surface area contributed by atoms with Gasteiger partial charge in [-0.2, -0.15) is 0 Å². The fourth-order valence-corrected chi connectivity index (χ4v) is 3.29. The second-order valence-electron chi connectivity index (χ2n) is 5.22. The topological polar surface area (TPSA) is 85.1 Å². The van der Waals surface area contributed by atoms with E-state index in [-0.39, 0.29) is 28.8 Å². The molecule has 0 spiro atoms. The predicted octanol–water partition coefficient (Wildman–Crippen LogP) is 3.32. The van der Waals surface area contributed by atoms with Crippen molar-refractivity contribution in [1.29, 1.82) is 0 Å². The van der Waals surface area contributed by atoms with Gasteiger partial charge in [0.05, 0.1) is 17.0 Å². The Balaban J connectivity index is 1.75. The molecule has 0 radical (unpaired) electrons. The summed E-state index contributed by atoms with van der Waals surface area (Å²) in [6, 6.07) is 10.3. The van der Waals surface area contributed by atoms with E-state index in [1.54, 1.807) is 19.1 Å². The molecule has 1 aromatic heterocycles. The monoisotopic (exact) mass is 381 g/mol. The van der Waals surface area contributed by atoms with Crippen molar-refractivity contribution in [3.63, 3.8) is 0 Å². The van der Waals surface area contributed by atoms with Crippen molar-refractivity contribution >= 4 is 21.6 Å². The smallest absolute Gasteiger partial charge is 0.250 e. The van der Waals surface area contributed by atoms with Crippen LogP contribution in [0.15, 0.2) is 51.8 Å². The zero-order valence-corrected chi connectivity index (χ0v) is 14.6. The summed E-state index contributed by atoms with van der Waals surface area (Å²) in [7, 11) is -3.80. The quantitative estimate of drug-likeness (QED) is 0.732. The van der Waals surface area contributed by atoms with Crippen molar-refractivity contribution in [2.24, 2.45) is 0 Å². The molecule has 0 atom stereocenters. The molecule has 0 fully saturated rings. The Morgan fingerprint density at radius 3 is 2.68 bits per heavy atom. The molecular formula is C16H13ClFN3O3S. The Morgan fingerprint density at radius 1 is 1.20 bits per heavy atom. The highest BCUT2D eigenvalue weighted by Crippen LogP contribution is 2.22. The maximum Gasteiger partial charge on any atom is 0.250 e. The Morgan fingerprint density at radius 2 is 1.96 bits per heavy atom. The molecule has 0 unspecified atom stereocenters. The zero-order valence-electron chi connectivity index (χ0n) is 13.0. The number of halogens is 2. The van der Waals surface area contributed by atoms with Crippen LogP contribution in [-0.2, 0) is 16.6 Å². The minimum absolute atomic E-state index is 0.0139. The lowest BCUT2D eigenvalue weighted by Gasteiger charge is -2.06. The number of nitrogens with one attached hydrogen (secondary N) is 1. The third-order valence-corrected chi connectivity index (χ3v) is 5.24. The molecule has 3 aromatic rings. The zero-order chi connectivity index (χ0) is 18.0. The first-order valence-corrected chi connectivity index (χ1v) is 9.06. The molecule has 0 aliphatic carbocycles. The molecule has 9 heteroatoms. The first kappa shape index (κ1) is 17.5. The number of hydrogen-bond donors (Lipinski definition) is 1. The fraction of sp³-hybridized carbons (Fsp3) is 0.125. The summed E-state index contributed by atoms with van der Waals surface area (Å²) in [5.74, 6) is -0.515. The van der Waals surface area contributed by atoms with Gasteiger partial charge >= 0.3 is 0 Å². The van der Waals surface area contributed by atoms with Gasteiger partial charge in [-0.25, -0.2) is 17.5 Å². The van der Waals surface area contributed by atoms with Gasteiger partial charge in [0, 0.05) is 5.02 Å². The Hall–Kier alpha value is -2.29. The van der Waals surface area contributed by atoms with Gasteiger partial charge in [-0.3, -0.25) is 0 Å². The van der Waals surface area contributed by atoms with Gasteiger partial charge in [-0.05, 0) is 36.8 Å². The van der Waals surface area contributed by atoms with Crippen molar-refractivity contribution in [3.8, 4) is 11.5 Å². The van der Waals surface area contributed by atoms with Crippen LogP contribution in [0.5, 0.6) is 0 Å². The van der Waals surface area contributed by atoms with Crippen molar-refractivity contribution in [3.05, 3.63) is 64.8 Å². The second-order valence-corrected chi connectivity index (χ2v) is 7.39. The highest BCUT2D eigenvalue weighted by molar-refractivity contribution is 7.89. The van der Waals surface area contributed by atoms with Crippen LogP contribution in [0.1, 0.15) is 11.5 Å². The van der Waals surface area contributed by atoms with Crippen LogP contribution in [0.25, 0.3) is 11.5 Å². The molecule has 0 saturated heterocycles. The van der Waals surface area contributed by atoms with Crippen LogP contribution in [0.4, 0.5) is 4.39 Å². The van der Waals surface area contributed by atoms with Crippen LogP contribution < -0.4 is 4.72 Å². The van der Waals surface area contributed by atoms with E-state index in [1.165, 1.54) is 30.3 Å². The minimum Gasteiger partial charge on any atom is -0.419 e. The average Bonchev–Trinajstić information content (AvgIpc) is 3.05. The van der Waals surface area contributed by atoms with Gasteiger partial charge in [0.25, 0.3) is 5.89 Å². The third kappa shape index (κ3) is 3.87. The normalized spacial score (nSPS) is 11.6. The molecule has 0 aliphatic rings. The summed E-state index contributed by atoms with van der Waals surface area (Å²) in [6.45, 7) is 1.55. The molecular weight excluding hydrogens is 369 g/mol. The van der Waals surface area contributed by atoms with Gasteiger partial charge in [0.15, 0.2) is 0 Å². The van der Waals surface area contributed by atoms with Crippen molar-refractivity contribution in [2.75, 3.05) is 0 Å². The van der Waals surface area contributed by atoms with E-state index < -0.39 is 15.8 Å². The van der Waals surface area contributed by atoms with Gasteiger partial charge in [0.2, 0.25) is 15.9 Å². The molecule has 0 bridgehead atoms. The van der Waals surface area contributed by atoms with Crippen molar-refractivity contribution in [2.45, 2.75) is 18.4 Å². The molecule has 0 amide bonds. The van der Waals surface area contributed by atoms with Crippen molar-refractivity contribution in [1.82, 2.24) is 14.9 Å². The summed E-state index contributed by atoms with van der Waals surface area (Å²) >= 11 is 5.95. The SMILES string of the molecule is Cc1ccc(S(=O)(=O)NCc2nnc(-c3ccccc3F)o2)cc1Cl. The van der Waals surface area contributed by atoms with E-state index in [1.807, 2.05) is 0 Å². The Kier molecular flexibility index (Phi) is 4.85. The van der Waals surface area contributed by atoms with E-state index in [0.717, 1.165) is 5.56 Å². The summed E-state index contributed by atoms with van der Waals surface area (Å²) in [6.07, 6.45) is 0. The lowest BCUT2D eigenvalue weighted by Crippen LogP contribution is -2.23. The first-order valence-electron chi connectivity index (χ1n) is 7.20. The standard InChI is InChI=1S/C16H13ClFN3O3S/c1-10-6-7-11(8-13(10)17)25(22,23)19-9-15-20-21-16(24-15)12-4-2-3-5-14(12)18/h2-8,19H,9H2,1H3. The highest BCUT2D eigenvalue weighted by Gasteiger charge is 2.18. The summed E-state index contributed by atoms with van der Waals surface area (Å²) in [5, 5.41) is 7.81. The van der Waals surface area contributed by atoms with E-state index in [9.17, 15) is 12.8 Å². The Bertz CT molecular complexity index is 1020. The average molecular weight is 382 g/mol. The molecule has 130 valence electrons. The number of rotatable bonds is 5. The summed E-state index contributed by atoms with van der Waals surface area (Å²) in [4.78, 5) is 0.0249. The number of aromatic nitrogens is 2. The lowest BCUT2D eigenvalue weighted by molar-refractivity contribution is 0.491. The maximum atomic E-state index is 13.7. The van der Waals surface area contributed by atoms with E-state index >= 15 is 0 Å². The van der Waals surface area contributed by atoms with Crippen LogP contribution in [0.3, 0.4) is 0 Å². The third-order valence-electron chi connectivity index (χ3n) is 3.44. The van der Waals surface area contributed by atoms with Crippen LogP contribution in [0.2, 0.25) is 5.02 Å². The van der Waals surface area contributed by atoms with Gasteiger partial charge < -0.3 is 4.42 Å². The molecule has 1 N–H and O–H groups in total. The number of hydrogen-bond acceptors (Lipinski definition) is 5. The van der Waals surface area contributed by atoms with Crippen LogP contribution in [0, 0.1) is 12.7 Å². The number of sulfonamides is 1.